The summed E-state index contributed by atoms with van der Waals surface area (Å²) in [6, 6.07) is 7.36. The standard InChI is InChI=1S/C24H23F3N2O4/c1-14-18-12-21-20(32-8-3-9-33-21)10-15(18)6-7-28(14)19-13-22(30)29(23(19)31)17-5-2-4-16(11-17)24(25,26)27/h2,4-5,10-12,14,19H,3,6-9,13H2,1H3/t14-,19-/m0/s1. The Kier molecular flexibility index (Phi) is 5.31. The summed E-state index contributed by atoms with van der Waals surface area (Å²) in [5.74, 6) is 0.388. The Bertz CT molecular complexity index is 1120. The molecule has 0 unspecified atom stereocenters. The maximum absolute atomic E-state index is 13.2. The van der Waals surface area contributed by atoms with Gasteiger partial charge in [0.15, 0.2) is 11.5 Å². The van der Waals surface area contributed by atoms with Gasteiger partial charge < -0.3 is 9.47 Å². The van der Waals surface area contributed by atoms with Crippen LogP contribution in [0.4, 0.5) is 18.9 Å². The lowest BCUT2D eigenvalue weighted by molar-refractivity contribution is -0.137. The van der Waals surface area contributed by atoms with E-state index < -0.39 is 29.6 Å². The summed E-state index contributed by atoms with van der Waals surface area (Å²) in [5.41, 5.74) is 1.16. The second-order valence-electron chi connectivity index (χ2n) is 8.55. The lowest BCUT2D eigenvalue weighted by atomic mass is 9.91. The zero-order chi connectivity index (χ0) is 23.3. The first kappa shape index (κ1) is 21.8. The molecule has 3 aliphatic heterocycles. The maximum Gasteiger partial charge on any atom is 0.416 e. The van der Waals surface area contributed by atoms with Gasteiger partial charge in [0.05, 0.1) is 36.9 Å². The smallest absolute Gasteiger partial charge is 0.416 e. The van der Waals surface area contributed by atoms with Crippen LogP contribution in [0, 0.1) is 0 Å². The molecular weight excluding hydrogens is 437 g/mol. The average molecular weight is 460 g/mol. The normalized spacial score (nSPS) is 23.5. The van der Waals surface area contributed by atoms with Gasteiger partial charge in [-0.05, 0) is 54.8 Å². The highest BCUT2D eigenvalue weighted by atomic mass is 19.4. The monoisotopic (exact) mass is 460 g/mol. The van der Waals surface area contributed by atoms with Gasteiger partial charge in [0, 0.05) is 19.0 Å². The Balaban J connectivity index is 1.42. The number of benzene rings is 2. The van der Waals surface area contributed by atoms with Gasteiger partial charge in [-0.3, -0.25) is 14.5 Å². The fourth-order valence-corrected chi connectivity index (χ4v) is 4.89. The van der Waals surface area contributed by atoms with Crippen LogP contribution in [0.15, 0.2) is 36.4 Å². The first-order valence-corrected chi connectivity index (χ1v) is 11.0. The number of halogens is 3. The molecule has 2 amide bonds. The SMILES string of the molecule is C[C@H]1c2cc3c(cc2CCN1[C@H]1CC(=O)N(c2cccc(C(F)(F)F)c2)C1=O)OCCCO3. The van der Waals surface area contributed by atoms with Crippen LogP contribution in [-0.2, 0) is 22.2 Å². The molecule has 2 aromatic rings. The molecular formula is C24H23F3N2O4. The van der Waals surface area contributed by atoms with Crippen molar-refractivity contribution in [3.63, 3.8) is 0 Å². The van der Waals surface area contributed by atoms with Crippen LogP contribution in [0.3, 0.4) is 0 Å². The lowest BCUT2D eigenvalue weighted by Crippen LogP contribution is -2.46. The summed E-state index contributed by atoms with van der Waals surface area (Å²) >= 11 is 0. The minimum Gasteiger partial charge on any atom is -0.490 e. The summed E-state index contributed by atoms with van der Waals surface area (Å²) in [4.78, 5) is 28.8. The van der Waals surface area contributed by atoms with Crippen molar-refractivity contribution >= 4 is 17.5 Å². The molecule has 0 aliphatic carbocycles. The van der Waals surface area contributed by atoms with Gasteiger partial charge in [0.1, 0.15) is 0 Å². The summed E-state index contributed by atoms with van der Waals surface area (Å²) in [7, 11) is 0. The predicted octanol–water partition coefficient (Wildman–Crippen LogP) is 4.12. The summed E-state index contributed by atoms with van der Waals surface area (Å²) in [5, 5.41) is 0. The van der Waals surface area contributed by atoms with Crippen LogP contribution in [0.2, 0.25) is 0 Å². The first-order valence-electron chi connectivity index (χ1n) is 11.0. The minimum absolute atomic E-state index is 0.0525. The Morgan fingerprint density at radius 2 is 1.76 bits per heavy atom. The fraction of sp³-hybridized carbons (Fsp3) is 0.417. The molecule has 0 spiro atoms. The van der Waals surface area contributed by atoms with E-state index in [1.54, 1.807) is 0 Å². The highest BCUT2D eigenvalue weighted by molar-refractivity contribution is 6.22. The molecule has 6 nitrogen and oxygen atoms in total. The number of nitrogens with zero attached hydrogens (tertiary/aromatic N) is 2. The molecule has 1 saturated heterocycles. The highest BCUT2D eigenvalue weighted by Crippen LogP contribution is 2.41. The van der Waals surface area contributed by atoms with E-state index in [4.69, 9.17) is 9.47 Å². The van der Waals surface area contributed by atoms with E-state index in [-0.39, 0.29) is 18.2 Å². The number of amides is 2. The Hall–Kier alpha value is -3.07. The van der Waals surface area contributed by atoms with Gasteiger partial charge >= 0.3 is 6.18 Å². The molecule has 0 radical (unpaired) electrons. The van der Waals surface area contributed by atoms with E-state index >= 15 is 0 Å². The van der Waals surface area contributed by atoms with E-state index in [2.05, 4.69) is 0 Å². The number of carbonyl (C=O) groups excluding carboxylic acids is 2. The van der Waals surface area contributed by atoms with Gasteiger partial charge in [-0.1, -0.05) is 6.07 Å². The van der Waals surface area contributed by atoms with Gasteiger partial charge in [-0.2, -0.15) is 13.2 Å². The van der Waals surface area contributed by atoms with Crippen LogP contribution >= 0.6 is 0 Å². The number of anilines is 1. The molecule has 0 bridgehead atoms. The molecule has 3 aliphatic rings. The van der Waals surface area contributed by atoms with Crippen LogP contribution in [0.5, 0.6) is 11.5 Å². The maximum atomic E-state index is 13.2. The number of imide groups is 1. The number of rotatable bonds is 2. The van der Waals surface area contributed by atoms with Crippen LogP contribution < -0.4 is 14.4 Å². The van der Waals surface area contributed by atoms with Crippen molar-refractivity contribution in [3.05, 3.63) is 53.1 Å². The average Bonchev–Trinajstić information content (AvgIpc) is 2.93. The van der Waals surface area contributed by atoms with E-state index in [9.17, 15) is 22.8 Å². The quantitative estimate of drug-likeness (QED) is 0.632. The molecule has 2 aromatic carbocycles. The van der Waals surface area contributed by atoms with Gasteiger partial charge in [0.25, 0.3) is 5.91 Å². The van der Waals surface area contributed by atoms with Crippen molar-refractivity contribution in [3.8, 4) is 11.5 Å². The van der Waals surface area contributed by atoms with Gasteiger partial charge in [0.2, 0.25) is 5.91 Å². The molecule has 2 atom stereocenters. The van der Waals surface area contributed by atoms with Crippen LogP contribution in [0.1, 0.15) is 42.5 Å². The van der Waals surface area contributed by atoms with Crippen molar-refractivity contribution in [2.75, 3.05) is 24.7 Å². The number of fused-ring (bicyclic) bond motifs is 2. The largest absolute Gasteiger partial charge is 0.490 e. The van der Waals surface area contributed by atoms with Crippen molar-refractivity contribution in [2.24, 2.45) is 0 Å². The number of hydrogen-bond donors (Lipinski definition) is 0. The number of alkyl halides is 3. The number of carbonyl (C=O) groups is 2. The van der Waals surface area contributed by atoms with Crippen molar-refractivity contribution in [1.29, 1.82) is 0 Å². The van der Waals surface area contributed by atoms with Crippen molar-refractivity contribution in [2.45, 2.75) is 44.4 Å². The van der Waals surface area contributed by atoms with E-state index in [0.29, 0.717) is 31.9 Å². The highest BCUT2D eigenvalue weighted by Gasteiger charge is 2.45. The number of ether oxygens (including phenoxy) is 2. The third-order valence-corrected chi connectivity index (χ3v) is 6.55. The topological polar surface area (TPSA) is 59.1 Å². The van der Waals surface area contributed by atoms with Gasteiger partial charge in [-0.25, -0.2) is 4.90 Å². The van der Waals surface area contributed by atoms with Gasteiger partial charge in [-0.15, -0.1) is 0 Å². The third-order valence-electron chi connectivity index (χ3n) is 6.55. The third kappa shape index (κ3) is 3.84. The van der Waals surface area contributed by atoms with Crippen LogP contribution in [-0.4, -0.2) is 42.5 Å². The van der Waals surface area contributed by atoms with Crippen molar-refractivity contribution < 1.29 is 32.2 Å². The summed E-state index contributed by atoms with van der Waals surface area (Å²) in [6.45, 7) is 3.67. The molecule has 0 N–H and O–H groups in total. The van der Waals surface area contributed by atoms with Crippen LogP contribution in [0.25, 0.3) is 0 Å². The van der Waals surface area contributed by atoms with E-state index in [1.807, 2.05) is 24.0 Å². The van der Waals surface area contributed by atoms with E-state index in [0.717, 1.165) is 40.3 Å². The fourth-order valence-electron chi connectivity index (χ4n) is 4.89. The second-order valence-corrected chi connectivity index (χ2v) is 8.55. The Labute approximate surface area is 188 Å². The molecule has 0 aromatic heterocycles. The number of hydrogen-bond acceptors (Lipinski definition) is 5. The molecule has 5 rings (SSSR count). The van der Waals surface area contributed by atoms with Crippen molar-refractivity contribution in [1.82, 2.24) is 4.90 Å². The Morgan fingerprint density at radius 1 is 1.03 bits per heavy atom. The molecule has 9 heteroatoms. The van der Waals surface area contributed by atoms with E-state index in [1.165, 1.54) is 12.1 Å². The summed E-state index contributed by atoms with van der Waals surface area (Å²) < 4.78 is 51.0. The molecule has 0 saturated carbocycles. The molecule has 3 heterocycles. The zero-order valence-corrected chi connectivity index (χ0v) is 18.0. The lowest BCUT2D eigenvalue weighted by Gasteiger charge is -2.38. The minimum atomic E-state index is -4.56. The summed E-state index contributed by atoms with van der Waals surface area (Å²) in [6.07, 6.45) is -3.17. The zero-order valence-electron chi connectivity index (χ0n) is 18.0. The molecule has 33 heavy (non-hydrogen) atoms. The molecule has 174 valence electrons. The Morgan fingerprint density at radius 3 is 2.48 bits per heavy atom. The predicted molar refractivity (Wildman–Crippen MR) is 113 cm³/mol. The second kappa shape index (κ2) is 8.06. The first-order chi connectivity index (χ1) is 15.7. The molecule has 1 fully saturated rings.